The molecule has 1 aliphatic rings. The van der Waals surface area contributed by atoms with Gasteiger partial charge in [0.25, 0.3) is 5.91 Å². The van der Waals surface area contributed by atoms with Crippen LogP contribution in [0.5, 0.6) is 0 Å². The molecule has 1 heterocycles. The lowest BCUT2D eigenvalue weighted by atomic mass is 9.91. The Morgan fingerprint density at radius 3 is 2.50 bits per heavy atom. The fourth-order valence-corrected chi connectivity index (χ4v) is 4.25. The van der Waals surface area contributed by atoms with E-state index < -0.39 is 9.84 Å². The Labute approximate surface area is 144 Å². The second-order valence-corrected chi connectivity index (χ2v) is 8.60. The van der Waals surface area contributed by atoms with Crippen LogP contribution in [-0.2, 0) is 14.6 Å². The summed E-state index contributed by atoms with van der Waals surface area (Å²) in [7, 11) is -1.89. The average Bonchev–Trinajstić information content (AvgIpc) is 2.60. The van der Waals surface area contributed by atoms with Crippen LogP contribution in [0.15, 0.2) is 29.2 Å². The van der Waals surface area contributed by atoms with Gasteiger partial charge in [0.2, 0.25) is 0 Å². The van der Waals surface area contributed by atoms with E-state index in [1.54, 1.807) is 12.1 Å². The van der Waals surface area contributed by atoms with Gasteiger partial charge in [-0.3, -0.25) is 4.79 Å². The van der Waals surface area contributed by atoms with E-state index in [0.717, 1.165) is 25.8 Å². The second-order valence-electron chi connectivity index (χ2n) is 6.49. The Kier molecular flexibility index (Phi) is 6.40. The Morgan fingerprint density at radius 1 is 1.25 bits per heavy atom. The minimum atomic E-state index is -3.36. The molecule has 0 saturated carbocycles. The zero-order valence-electron chi connectivity index (χ0n) is 14.7. The molecule has 1 aliphatic heterocycles. The number of rotatable bonds is 6. The van der Waals surface area contributed by atoms with E-state index in [9.17, 15) is 13.2 Å². The van der Waals surface area contributed by atoms with Crippen LogP contribution in [-0.4, -0.2) is 51.3 Å². The number of likely N-dealkylation sites (tertiary alicyclic amines) is 1. The third kappa shape index (κ3) is 4.36. The summed E-state index contributed by atoms with van der Waals surface area (Å²) in [4.78, 5) is 14.9. The highest BCUT2D eigenvalue weighted by Gasteiger charge is 2.29. The molecule has 1 aromatic carbocycles. The first kappa shape index (κ1) is 18.9. The molecule has 24 heavy (non-hydrogen) atoms. The first-order chi connectivity index (χ1) is 11.4. The van der Waals surface area contributed by atoms with Crippen LogP contribution >= 0.6 is 0 Å². The number of nitrogens with zero attached hydrogens (tertiary/aromatic N) is 1. The van der Waals surface area contributed by atoms with Crippen molar-refractivity contribution in [1.29, 1.82) is 0 Å². The van der Waals surface area contributed by atoms with Crippen molar-refractivity contribution in [3.63, 3.8) is 0 Å². The topological polar surface area (TPSA) is 63.7 Å². The molecule has 0 spiro atoms. The number of carbonyl (C=O) groups excluding carboxylic acids is 1. The van der Waals surface area contributed by atoms with Gasteiger partial charge >= 0.3 is 0 Å². The van der Waals surface area contributed by atoms with E-state index in [4.69, 9.17) is 4.74 Å². The predicted molar refractivity (Wildman–Crippen MR) is 93.9 cm³/mol. The molecule has 6 heteroatoms. The molecule has 5 nitrogen and oxygen atoms in total. The van der Waals surface area contributed by atoms with Gasteiger partial charge < -0.3 is 9.64 Å². The van der Waals surface area contributed by atoms with Crippen molar-refractivity contribution >= 4 is 15.7 Å². The van der Waals surface area contributed by atoms with Crippen LogP contribution < -0.4 is 0 Å². The standard InChI is InChI=1S/C18H27NO4S/c1-4-15-6-5-14(2)19(13-15)18(20)16-7-9-17(10-8-16)24(21,22)12-11-23-3/h7-10,14-15H,4-6,11-13H2,1-3H3/t14-,15+/m1/s1. The SMILES string of the molecule is CC[C@H]1CC[C@@H](C)N(C(=O)c2ccc(S(=O)(=O)CCOC)cc2)C1. The summed E-state index contributed by atoms with van der Waals surface area (Å²) < 4.78 is 29.1. The maximum atomic E-state index is 12.8. The Hall–Kier alpha value is -1.40. The van der Waals surface area contributed by atoms with Gasteiger partial charge in [-0.1, -0.05) is 13.3 Å². The third-order valence-corrected chi connectivity index (χ3v) is 6.53. The van der Waals surface area contributed by atoms with E-state index in [-0.39, 0.29) is 29.2 Å². The Bertz CT molecular complexity index is 654. The van der Waals surface area contributed by atoms with E-state index >= 15 is 0 Å². The molecule has 0 bridgehead atoms. The summed E-state index contributed by atoms with van der Waals surface area (Å²) in [5.41, 5.74) is 0.546. The average molecular weight is 353 g/mol. The van der Waals surface area contributed by atoms with Crippen molar-refractivity contribution in [1.82, 2.24) is 4.90 Å². The third-order valence-electron chi connectivity index (χ3n) is 4.83. The molecule has 1 aromatic rings. The molecule has 0 aliphatic carbocycles. The van der Waals surface area contributed by atoms with Crippen molar-refractivity contribution in [3.05, 3.63) is 29.8 Å². The molecule has 1 fully saturated rings. The van der Waals surface area contributed by atoms with Gasteiger partial charge in [0.1, 0.15) is 0 Å². The number of ether oxygens (including phenoxy) is 1. The summed E-state index contributed by atoms with van der Waals surface area (Å²) in [6, 6.07) is 6.49. The molecule has 0 aromatic heterocycles. The Balaban J connectivity index is 2.13. The summed E-state index contributed by atoms with van der Waals surface area (Å²) in [5, 5.41) is 0. The fraction of sp³-hybridized carbons (Fsp3) is 0.611. The van der Waals surface area contributed by atoms with Crippen molar-refractivity contribution in [2.75, 3.05) is 26.0 Å². The highest BCUT2D eigenvalue weighted by atomic mass is 32.2. The number of hydrogen-bond donors (Lipinski definition) is 0. The van der Waals surface area contributed by atoms with Gasteiger partial charge in [0.15, 0.2) is 9.84 Å². The summed E-state index contributed by atoms with van der Waals surface area (Å²) in [6.45, 7) is 5.17. The fourth-order valence-electron chi connectivity index (χ4n) is 3.08. The van der Waals surface area contributed by atoms with Crippen LogP contribution in [0, 0.1) is 5.92 Å². The highest BCUT2D eigenvalue weighted by molar-refractivity contribution is 7.91. The van der Waals surface area contributed by atoms with Crippen LogP contribution in [0.4, 0.5) is 0 Å². The monoisotopic (exact) mass is 353 g/mol. The molecule has 1 amide bonds. The van der Waals surface area contributed by atoms with E-state index in [2.05, 4.69) is 13.8 Å². The Morgan fingerprint density at radius 2 is 1.92 bits per heavy atom. The quantitative estimate of drug-likeness (QED) is 0.789. The lowest BCUT2D eigenvalue weighted by Crippen LogP contribution is -2.45. The van der Waals surface area contributed by atoms with E-state index in [1.165, 1.54) is 19.2 Å². The van der Waals surface area contributed by atoms with Gasteiger partial charge in [-0.05, 0) is 49.9 Å². The second kappa shape index (κ2) is 8.12. The summed E-state index contributed by atoms with van der Waals surface area (Å²) in [6.07, 6.45) is 3.26. The number of benzene rings is 1. The van der Waals surface area contributed by atoms with Crippen molar-refractivity contribution in [2.24, 2.45) is 5.92 Å². The van der Waals surface area contributed by atoms with Crippen molar-refractivity contribution in [2.45, 2.75) is 44.0 Å². The maximum absolute atomic E-state index is 12.8. The number of sulfone groups is 1. The van der Waals surface area contributed by atoms with Crippen LogP contribution in [0.2, 0.25) is 0 Å². The van der Waals surface area contributed by atoms with E-state index in [0.29, 0.717) is 11.5 Å². The summed E-state index contributed by atoms with van der Waals surface area (Å²) in [5.74, 6) is 0.485. The number of methoxy groups -OCH3 is 1. The highest BCUT2D eigenvalue weighted by Crippen LogP contribution is 2.26. The largest absolute Gasteiger partial charge is 0.384 e. The van der Waals surface area contributed by atoms with Crippen molar-refractivity contribution in [3.8, 4) is 0 Å². The molecule has 1 saturated heterocycles. The number of carbonyl (C=O) groups is 1. The van der Waals surface area contributed by atoms with Gasteiger partial charge in [-0.25, -0.2) is 8.42 Å². The van der Waals surface area contributed by atoms with Gasteiger partial charge in [0, 0.05) is 25.3 Å². The molecular formula is C18H27NO4S. The molecular weight excluding hydrogens is 326 g/mol. The zero-order chi connectivity index (χ0) is 17.7. The minimum absolute atomic E-state index is 0.0125. The first-order valence-corrected chi connectivity index (χ1v) is 10.2. The van der Waals surface area contributed by atoms with Crippen LogP contribution in [0.3, 0.4) is 0 Å². The normalized spacial score (nSPS) is 21.7. The van der Waals surface area contributed by atoms with Gasteiger partial charge in [-0.2, -0.15) is 0 Å². The zero-order valence-corrected chi connectivity index (χ0v) is 15.5. The maximum Gasteiger partial charge on any atom is 0.254 e. The minimum Gasteiger partial charge on any atom is -0.384 e. The van der Waals surface area contributed by atoms with Crippen LogP contribution in [0.25, 0.3) is 0 Å². The molecule has 2 atom stereocenters. The number of amides is 1. The molecule has 2 rings (SSSR count). The van der Waals surface area contributed by atoms with E-state index in [1.807, 2.05) is 4.90 Å². The van der Waals surface area contributed by atoms with Gasteiger partial charge in [0.05, 0.1) is 17.3 Å². The predicted octanol–water partition coefficient (Wildman–Crippen LogP) is 2.76. The number of piperidine rings is 1. The lowest BCUT2D eigenvalue weighted by Gasteiger charge is -2.38. The molecule has 0 unspecified atom stereocenters. The molecule has 0 radical (unpaired) electrons. The number of hydrogen-bond acceptors (Lipinski definition) is 4. The molecule has 134 valence electrons. The van der Waals surface area contributed by atoms with Crippen molar-refractivity contribution < 1.29 is 17.9 Å². The first-order valence-electron chi connectivity index (χ1n) is 8.51. The van der Waals surface area contributed by atoms with Crippen LogP contribution in [0.1, 0.15) is 43.5 Å². The van der Waals surface area contributed by atoms with Gasteiger partial charge in [-0.15, -0.1) is 0 Å². The summed E-state index contributed by atoms with van der Waals surface area (Å²) >= 11 is 0. The molecule has 0 N–H and O–H groups in total. The lowest BCUT2D eigenvalue weighted by molar-refractivity contribution is 0.0556. The smallest absolute Gasteiger partial charge is 0.254 e.